The Morgan fingerprint density at radius 3 is 2.81 bits per heavy atom. The molecule has 0 unspecified atom stereocenters. The number of carbonyl (C=O) groups excluding carboxylic acids is 1. The molecule has 0 amide bonds. The number of hydrazone groups is 1. The summed E-state index contributed by atoms with van der Waals surface area (Å²) < 4.78 is 5.79. The molecule has 1 aromatic heterocycles. The molecule has 0 aliphatic carbocycles. The summed E-state index contributed by atoms with van der Waals surface area (Å²) in [6, 6.07) is 14.9. The molecule has 0 aliphatic rings. The van der Waals surface area contributed by atoms with Crippen LogP contribution in [0.1, 0.15) is 43.0 Å². The summed E-state index contributed by atoms with van der Waals surface area (Å²) in [5.41, 5.74) is 5.01. The van der Waals surface area contributed by atoms with Gasteiger partial charge in [0.25, 0.3) is 0 Å². The third-order valence-corrected chi connectivity index (χ3v) is 4.15. The minimum atomic E-state index is -0.220. The highest BCUT2D eigenvalue weighted by atomic mass is 16.5. The second-order valence-electron chi connectivity index (χ2n) is 6.24. The van der Waals surface area contributed by atoms with E-state index in [0.29, 0.717) is 23.9 Å². The molecule has 2 N–H and O–H groups in total. The smallest absolute Gasteiger partial charge is 0.222 e. The van der Waals surface area contributed by atoms with Crippen LogP contribution in [0, 0.1) is 0 Å². The number of fused-ring (bicyclic) bond motifs is 1. The number of hydrogen-bond donors (Lipinski definition) is 2. The molecule has 0 aliphatic heterocycles. The van der Waals surface area contributed by atoms with Crippen molar-refractivity contribution in [1.82, 2.24) is 9.97 Å². The zero-order valence-corrected chi connectivity index (χ0v) is 15.4. The van der Waals surface area contributed by atoms with E-state index in [0.717, 1.165) is 23.9 Å². The van der Waals surface area contributed by atoms with Gasteiger partial charge >= 0.3 is 0 Å². The lowest BCUT2D eigenvalue weighted by Crippen LogP contribution is -2.07. The molecular weight excluding hydrogens is 340 g/mol. The van der Waals surface area contributed by atoms with Crippen LogP contribution in [0.25, 0.3) is 11.0 Å². The average Bonchev–Trinajstić information content (AvgIpc) is 3.11. The summed E-state index contributed by atoms with van der Waals surface area (Å²) in [5, 5.41) is 4.00. The number of ether oxygens (including phenoxy) is 1. The lowest BCUT2D eigenvalue weighted by molar-refractivity contribution is 0.106. The van der Waals surface area contributed by atoms with Crippen molar-refractivity contribution in [3.05, 3.63) is 54.1 Å². The zero-order valence-electron chi connectivity index (χ0n) is 15.4. The molecule has 2 aromatic carbocycles. The predicted octanol–water partition coefficient (Wildman–Crippen LogP) is 4.80. The summed E-state index contributed by atoms with van der Waals surface area (Å²) in [4.78, 5) is 19.9. The molecule has 6 heteroatoms. The molecule has 3 rings (SSSR count). The van der Waals surface area contributed by atoms with Crippen molar-refractivity contribution in [2.24, 2.45) is 5.10 Å². The fraction of sp³-hybridized carbons (Fsp3) is 0.286. The molecule has 0 spiro atoms. The van der Waals surface area contributed by atoms with Crippen LogP contribution in [0.15, 0.2) is 53.6 Å². The van der Waals surface area contributed by atoms with Gasteiger partial charge in [-0.05, 0) is 30.7 Å². The summed E-state index contributed by atoms with van der Waals surface area (Å²) >= 11 is 0. The van der Waals surface area contributed by atoms with Gasteiger partial charge in [0.2, 0.25) is 11.7 Å². The molecule has 6 nitrogen and oxygen atoms in total. The summed E-state index contributed by atoms with van der Waals surface area (Å²) in [7, 11) is 0. The van der Waals surface area contributed by atoms with Gasteiger partial charge in [-0.3, -0.25) is 4.79 Å². The summed E-state index contributed by atoms with van der Waals surface area (Å²) in [5.74, 6) is 0.859. The van der Waals surface area contributed by atoms with Gasteiger partial charge in [0, 0.05) is 0 Å². The Bertz CT molecular complexity index is 884. The highest BCUT2D eigenvalue weighted by Gasteiger charge is 2.10. The summed E-state index contributed by atoms with van der Waals surface area (Å²) in [6.07, 6.45) is 5.74. The SMILES string of the molecule is CCCCCCOc1ccccc1C(=O)/C=N\Nc1nc2ccccc2[nH]1. The van der Waals surface area contributed by atoms with Crippen molar-refractivity contribution in [3.63, 3.8) is 0 Å². The molecular formula is C21H24N4O2. The third-order valence-electron chi connectivity index (χ3n) is 4.15. The molecule has 0 fully saturated rings. The molecule has 0 radical (unpaired) electrons. The van der Waals surface area contributed by atoms with E-state index in [1.165, 1.54) is 19.1 Å². The standard InChI is InChI=1S/C21H24N4O2/c1-2-3-4-9-14-27-20-13-8-5-10-16(20)19(26)15-22-25-21-23-17-11-6-7-12-18(17)24-21/h5-8,10-13,15H,2-4,9,14H2,1H3,(H2,23,24,25)/b22-15-. The maximum atomic E-state index is 12.5. The number of benzene rings is 2. The second kappa shape index (κ2) is 9.52. The largest absolute Gasteiger partial charge is 0.493 e. The number of nitrogens with zero attached hydrogens (tertiary/aromatic N) is 2. The monoisotopic (exact) mass is 364 g/mol. The number of para-hydroxylation sites is 3. The van der Waals surface area contributed by atoms with Gasteiger partial charge in [0.15, 0.2) is 0 Å². The molecule has 3 aromatic rings. The van der Waals surface area contributed by atoms with Crippen LogP contribution in [0.4, 0.5) is 5.95 Å². The van der Waals surface area contributed by atoms with Crippen LogP contribution >= 0.6 is 0 Å². The lowest BCUT2D eigenvalue weighted by Gasteiger charge is -2.09. The van der Waals surface area contributed by atoms with E-state index < -0.39 is 0 Å². The van der Waals surface area contributed by atoms with Crippen LogP contribution in [0.3, 0.4) is 0 Å². The molecule has 0 saturated heterocycles. The van der Waals surface area contributed by atoms with E-state index >= 15 is 0 Å². The Labute approximate surface area is 158 Å². The number of carbonyl (C=O) groups is 1. The van der Waals surface area contributed by atoms with Gasteiger partial charge < -0.3 is 9.72 Å². The topological polar surface area (TPSA) is 79.4 Å². The van der Waals surface area contributed by atoms with E-state index in [-0.39, 0.29) is 5.78 Å². The van der Waals surface area contributed by atoms with Gasteiger partial charge in [-0.2, -0.15) is 5.10 Å². The first-order valence-electron chi connectivity index (χ1n) is 9.28. The quantitative estimate of drug-likeness (QED) is 0.234. The van der Waals surface area contributed by atoms with Gasteiger partial charge in [-0.15, -0.1) is 0 Å². The fourth-order valence-electron chi connectivity index (χ4n) is 2.73. The first-order valence-corrected chi connectivity index (χ1v) is 9.28. The van der Waals surface area contributed by atoms with Gasteiger partial charge in [0.1, 0.15) is 5.75 Å². The molecule has 27 heavy (non-hydrogen) atoms. The van der Waals surface area contributed by atoms with Crippen molar-refractivity contribution in [3.8, 4) is 5.75 Å². The first-order chi connectivity index (χ1) is 13.3. The molecule has 140 valence electrons. The van der Waals surface area contributed by atoms with Gasteiger partial charge in [-0.1, -0.05) is 50.5 Å². The molecule has 0 bridgehead atoms. The second-order valence-corrected chi connectivity index (χ2v) is 6.24. The highest BCUT2D eigenvalue weighted by Crippen LogP contribution is 2.19. The van der Waals surface area contributed by atoms with Crippen molar-refractivity contribution >= 4 is 29.0 Å². The molecule has 1 heterocycles. The Morgan fingerprint density at radius 2 is 1.96 bits per heavy atom. The fourth-order valence-corrected chi connectivity index (χ4v) is 2.73. The number of nitrogens with one attached hydrogen (secondary N) is 2. The van der Waals surface area contributed by atoms with E-state index in [2.05, 4.69) is 27.4 Å². The van der Waals surface area contributed by atoms with Crippen molar-refractivity contribution < 1.29 is 9.53 Å². The number of anilines is 1. The summed E-state index contributed by atoms with van der Waals surface area (Å²) in [6.45, 7) is 2.78. The number of hydrogen-bond acceptors (Lipinski definition) is 5. The minimum Gasteiger partial charge on any atom is -0.493 e. The van der Waals surface area contributed by atoms with E-state index in [1.54, 1.807) is 6.07 Å². The van der Waals surface area contributed by atoms with E-state index in [4.69, 9.17) is 4.74 Å². The van der Waals surface area contributed by atoms with Crippen molar-refractivity contribution in [2.45, 2.75) is 32.6 Å². The first kappa shape index (κ1) is 18.6. The number of aromatic nitrogens is 2. The van der Waals surface area contributed by atoms with E-state index in [1.807, 2.05) is 42.5 Å². The van der Waals surface area contributed by atoms with Gasteiger partial charge in [-0.25, -0.2) is 10.4 Å². The van der Waals surface area contributed by atoms with Crippen LogP contribution in [-0.4, -0.2) is 28.6 Å². The average molecular weight is 364 g/mol. The minimum absolute atomic E-state index is 0.220. The highest BCUT2D eigenvalue weighted by molar-refractivity contribution is 6.36. The Morgan fingerprint density at radius 1 is 1.15 bits per heavy atom. The van der Waals surface area contributed by atoms with Gasteiger partial charge in [0.05, 0.1) is 29.4 Å². The van der Waals surface area contributed by atoms with Crippen molar-refractivity contribution in [2.75, 3.05) is 12.0 Å². The molecule has 0 saturated carbocycles. The number of ketones is 1. The maximum absolute atomic E-state index is 12.5. The Kier molecular flexibility index (Phi) is 6.57. The molecule has 0 atom stereocenters. The Balaban J connectivity index is 1.59. The predicted molar refractivity (Wildman–Crippen MR) is 109 cm³/mol. The Hall–Kier alpha value is -3.15. The zero-order chi connectivity index (χ0) is 18.9. The van der Waals surface area contributed by atoms with Crippen LogP contribution < -0.4 is 10.2 Å². The lowest BCUT2D eigenvalue weighted by atomic mass is 10.1. The number of rotatable bonds is 10. The maximum Gasteiger partial charge on any atom is 0.222 e. The third kappa shape index (κ3) is 5.17. The van der Waals surface area contributed by atoms with Crippen LogP contribution in [-0.2, 0) is 0 Å². The number of H-pyrrole nitrogens is 1. The van der Waals surface area contributed by atoms with Crippen molar-refractivity contribution in [1.29, 1.82) is 0 Å². The van der Waals surface area contributed by atoms with E-state index in [9.17, 15) is 4.79 Å². The number of imidazole rings is 1. The number of aromatic amines is 1. The van der Waals surface area contributed by atoms with Crippen LogP contribution in [0.2, 0.25) is 0 Å². The number of unbranched alkanes of at least 4 members (excludes halogenated alkanes) is 3. The van der Waals surface area contributed by atoms with Crippen LogP contribution in [0.5, 0.6) is 5.75 Å². The number of Topliss-reactive ketones (excluding diaryl/α,β-unsaturated/α-hetero) is 1. The normalized spacial score (nSPS) is 11.1.